The van der Waals surface area contributed by atoms with E-state index in [9.17, 15) is 4.79 Å². The van der Waals surface area contributed by atoms with E-state index in [1.54, 1.807) is 0 Å². The van der Waals surface area contributed by atoms with Crippen molar-refractivity contribution in [2.45, 2.75) is 45.6 Å². The predicted octanol–water partition coefficient (Wildman–Crippen LogP) is 1.70. The number of rotatable bonds is 2. The van der Waals surface area contributed by atoms with Crippen LogP contribution in [0.5, 0.6) is 0 Å². The summed E-state index contributed by atoms with van der Waals surface area (Å²) >= 11 is 0. The molecule has 2 nitrogen and oxygen atoms in total. The molecule has 2 heteroatoms. The molecule has 1 amide bonds. The van der Waals surface area contributed by atoms with Crippen LogP contribution in [0.25, 0.3) is 0 Å². The highest BCUT2D eigenvalue weighted by Crippen LogP contribution is 2.44. The third-order valence-corrected chi connectivity index (χ3v) is 3.85. The molecule has 2 atom stereocenters. The van der Waals surface area contributed by atoms with Crippen LogP contribution in [0.4, 0.5) is 0 Å². The molecule has 12 heavy (non-hydrogen) atoms. The van der Waals surface area contributed by atoms with E-state index < -0.39 is 0 Å². The first-order valence-electron chi connectivity index (χ1n) is 4.99. The Morgan fingerprint density at radius 2 is 2.25 bits per heavy atom. The first-order valence-corrected chi connectivity index (χ1v) is 4.99. The topological polar surface area (TPSA) is 29.1 Å². The van der Waals surface area contributed by atoms with E-state index in [2.05, 4.69) is 19.2 Å². The van der Waals surface area contributed by atoms with Gasteiger partial charge in [-0.3, -0.25) is 4.79 Å². The van der Waals surface area contributed by atoms with Crippen LogP contribution >= 0.6 is 0 Å². The van der Waals surface area contributed by atoms with Gasteiger partial charge in [-0.2, -0.15) is 0 Å². The van der Waals surface area contributed by atoms with Crippen LogP contribution < -0.4 is 5.32 Å². The van der Waals surface area contributed by atoms with Gasteiger partial charge in [0, 0.05) is 6.04 Å². The summed E-state index contributed by atoms with van der Waals surface area (Å²) in [5, 5.41) is 3.05. The fourth-order valence-corrected chi connectivity index (χ4v) is 2.32. The third kappa shape index (κ3) is 0.838. The summed E-state index contributed by atoms with van der Waals surface area (Å²) < 4.78 is 0. The van der Waals surface area contributed by atoms with E-state index in [1.165, 1.54) is 19.3 Å². The molecular formula is C10H17NO. The van der Waals surface area contributed by atoms with Crippen molar-refractivity contribution >= 4 is 5.91 Å². The number of carbonyl (C=O) groups excluding carboxylic acids is 1. The second-order valence-electron chi connectivity index (χ2n) is 4.41. The zero-order valence-corrected chi connectivity index (χ0v) is 7.89. The molecule has 0 aromatic heterocycles. The Kier molecular flexibility index (Phi) is 1.67. The molecule has 2 aliphatic rings. The second kappa shape index (κ2) is 2.48. The molecule has 0 aromatic rings. The lowest BCUT2D eigenvalue weighted by Crippen LogP contribution is -2.68. The number of hydrogen-bond acceptors (Lipinski definition) is 1. The van der Waals surface area contributed by atoms with E-state index >= 15 is 0 Å². The van der Waals surface area contributed by atoms with Crippen molar-refractivity contribution in [3.05, 3.63) is 0 Å². The summed E-state index contributed by atoms with van der Waals surface area (Å²) in [6, 6.07) is 0.490. The average Bonchev–Trinajstić information content (AvgIpc) is 1.99. The summed E-state index contributed by atoms with van der Waals surface area (Å²) in [4.78, 5) is 11.3. The molecule has 1 aliphatic heterocycles. The summed E-state index contributed by atoms with van der Waals surface area (Å²) in [5.74, 6) is 1.05. The lowest BCUT2D eigenvalue weighted by Gasteiger charge is -2.52. The first kappa shape index (κ1) is 8.09. The zero-order valence-electron chi connectivity index (χ0n) is 7.89. The minimum Gasteiger partial charge on any atom is -0.351 e. The van der Waals surface area contributed by atoms with Gasteiger partial charge in [-0.05, 0) is 32.1 Å². The third-order valence-electron chi connectivity index (χ3n) is 3.85. The number of carbonyl (C=O) groups is 1. The van der Waals surface area contributed by atoms with Crippen LogP contribution in [0.3, 0.4) is 0 Å². The number of hydrogen-bond donors (Lipinski definition) is 1. The van der Waals surface area contributed by atoms with Gasteiger partial charge < -0.3 is 5.32 Å². The molecule has 1 saturated carbocycles. The molecular weight excluding hydrogens is 150 g/mol. The van der Waals surface area contributed by atoms with Gasteiger partial charge in [0.2, 0.25) is 5.91 Å². The van der Waals surface area contributed by atoms with E-state index in [4.69, 9.17) is 0 Å². The Bertz CT molecular complexity index is 210. The monoisotopic (exact) mass is 167 g/mol. The van der Waals surface area contributed by atoms with Crippen LogP contribution in [-0.4, -0.2) is 11.9 Å². The van der Waals surface area contributed by atoms with Crippen molar-refractivity contribution in [3.63, 3.8) is 0 Å². The summed E-state index contributed by atoms with van der Waals surface area (Å²) in [6.45, 7) is 4.22. The van der Waals surface area contributed by atoms with Crippen LogP contribution in [0, 0.1) is 11.3 Å². The second-order valence-corrected chi connectivity index (χ2v) is 4.41. The normalized spacial score (nSPS) is 41.5. The van der Waals surface area contributed by atoms with Gasteiger partial charge in [-0.15, -0.1) is 0 Å². The van der Waals surface area contributed by atoms with E-state index in [0.717, 1.165) is 12.3 Å². The van der Waals surface area contributed by atoms with Crippen molar-refractivity contribution < 1.29 is 4.79 Å². The average molecular weight is 167 g/mol. The van der Waals surface area contributed by atoms with E-state index in [1.807, 2.05) is 0 Å². The fourth-order valence-electron chi connectivity index (χ4n) is 2.32. The molecule has 1 aliphatic carbocycles. The molecule has 68 valence electrons. The van der Waals surface area contributed by atoms with Gasteiger partial charge in [0.1, 0.15) is 0 Å². The molecule has 2 unspecified atom stereocenters. The molecule has 0 radical (unpaired) electrons. The standard InChI is InChI=1S/C10H17NO/c1-3-10(2)8(11-9(10)12)7-5-4-6-7/h7-8H,3-6H2,1-2H3,(H,11,12). The van der Waals surface area contributed by atoms with Gasteiger partial charge >= 0.3 is 0 Å². The van der Waals surface area contributed by atoms with Crippen molar-refractivity contribution in [1.82, 2.24) is 5.32 Å². The van der Waals surface area contributed by atoms with Crippen molar-refractivity contribution in [2.75, 3.05) is 0 Å². The Morgan fingerprint density at radius 3 is 2.58 bits per heavy atom. The Morgan fingerprint density at radius 1 is 1.58 bits per heavy atom. The maximum atomic E-state index is 11.3. The number of β-lactam (4-membered cyclic amide) rings is 1. The smallest absolute Gasteiger partial charge is 0.228 e. The van der Waals surface area contributed by atoms with Crippen molar-refractivity contribution in [1.29, 1.82) is 0 Å². The number of amides is 1. The Hall–Kier alpha value is -0.530. The lowest BCUT2D eigenvalue weighted by molar-refractivity contribution is -0.149. The maximum absolute atomic E-state index is 11.3. The van der Waals surface area contributed by atoms with Crippen LogP contribution in [0.2, 0.25) is 0 Å². The largest absolute Gasteiger partial charge is 0.351 e. The van der Waals surface area contributed by atoms with E-state index in [-0.39, 0.29) is 11.3 Å². The molecule has 0 aromatic carbocycles. The van der Waals surface area contributed by atoms with Crippen LogP contribution in [0.1, 0.15) is 39.5 Å². The molecule has 1 saturated heterocycles. The maximum Gasteiger partial charge on any atom is 0.228 e. The highest BCUT2D eigenvalue weighted by Gasteiger charge is 2.53. The van der Waals surface area contributed by atoms with E-state index in [0.29, 0.717) is 6.04 Å². The zero-order chi connectivity index (χ0) is 8.77. The molecule has 0 spiro atoms. The number of nitrogens with one attached hydrogen (secondary N) is 1. The molecule has 1 N–H and O–H groups in total. The van der Waals surface area contributed by atoms with Crippen LogP contribution in [0.15, 0.2) is 0 Å². The molecule has 1 heterocycles. The fraction of sp³-hybridized carbons (Fsp3) is 0.900. The van der Waals surface area contributed by atoms with Crippen molar-refractivity contribution in [2.24, 2.45) is 11.3 Å². The molecule has 2 fully saturated rings. The highest BCUT2D eigenvalue weighted by atomic mass is 16.2. The summed E-state index contributed by atoms with van der Waals surface area (Å²) in [5.41, 5.74) is -0.0366. The predicted molar refractivity (Wildman–Crippen MR) is 47.7 cm³/mol. The molecule has 0 bridgehead atoms. The van der Waals surface area contributed by atoms with Gasteiger partial charge in [0.05, 0.1) is 5.41 Å². The minimum atomic E-state index is -0.0366. The first-order chi connectivity index (χ1) is 5.68. The Labute approximate surface area is 73.7 Å². The van der Waals surface area contributed by atoms with Gasteiger partial charge in [-0.1, -0.05) is 13.3 Å². The summed E-state index contributed by atoms with van der Waals surface area (Å²) in [7, 11) is 0. The van der Waals surface area contributed by atoms with Gasteiger partial charge in [-0.25, -0.2) is 0 Å². The molecule has 2 rings (SSSR count). The summed E-state index contributed by atoms with van der Waals surface area (Å²) in [6.07, 6.45) is 4.98. The SMILES string of the molecule is CCC1(C)C(=O)NC1C1CCC1. The van der Waals surface area contributed by atoms with Crippen molar-refractivity contribution in [3.8, 4) is 0 Å². The Balaban J connectivity index is 2.04. The lowest BCUT2D eigenvalue weighted by atomic mass is 9.62. The van der Waals surface area contributed by atoms with Gasteiger partial charge in [0.15, 0.2) is 0 Å². The quantitative estimate of drug-likeness (QED) is 0.623. The van der Waals surface area contributed by atoms with Gasteiger partial charge in [0.25, 0.3) is 0 Å². The van der Waals surface area contributed by atoms with Crippen LogP contribution in [-0.2, 0) is 4.79 Å². The highest BCUT2D eigenvalue weighted by molar-refractivity contribution is 5.89. The minimum absolute atomic E-state index is 0.0366.